The quantitative estimate of drug-likeness (QED) is 0.531. The predicted octanol–water partition coefficient (Wildman–Crippen LogP) is 1.96. The molecule has 35 heavy (non-hydrogen) atoms. The van der Waals surface area contributed by atoms with Gasteiger partial charge in [-0.1, -0.05) is 23.7 Å². The van der Waals surface area contributed by atoms with Crippen molar-refractivity contribution >= 4 is 35.1 Å². The van der Waals surface area contributed by atoms with Gasteiger partial charge in [-0.2, -0.15) is 0 Å². The SMILES string of the molecule is COc1cccc(CN2C(=O)C3NCCNC3N(CC(=O)Nc3cc(C)c(Cl)cc3OC)C2=O)c1. The first-order valence-corrected chi connectivity index (χ1v) is 11.6. The van der Waals surface area contributed by atoms with Gasteiger partial charge in [-0.3, -0.25) is 24.7 Å². The Labute approximate surface area is 208 Å². The highest BCUT2D eigenvalue weighted by atomic mass is 35.5. The summed E-state index contributed by atoms with van der Waals surface area (Å²) >= 11 is 6.16. The van der Waals surface area contributed by atoms with Gasteiger partial charge >= 0.3 is 6.03 Å². The maximum Gasteiger partial charge on any atom is 0.328 e. The highest BCUT2D eigenvalue weighted by molar-refractivity contribution is 6.31. The van der Waals surface area contributed by atoms with E-state index in [1.807, 2.05) is 13.0 Å². The molecule has 2 fully saturated rings. The molecule has 2 aromatic rings. The van der Waals surface area contributed by atoms with E-state index in [0.29, 0.717) is 35.3 Å². The van der Waals surface area contributed by atoms with Crippen molar-refractivity contribution in [3.8, 4) is 11.5 Å². The zero-order valence-electron chi connectivity index (χ0n) is 19.8. The van der Waals surface area contributed by atoms with E-state index >= 15 is 0 Å². The number of aryl methyl sites for hydroxylation is 1. The molecule has 2 aliphatic rings. The van der Waals surface area contributed by atoms with Crippen molar-refractivity contribution in [1.29, 1.82) is 0 Å². The lowest BCUT2D eigenvalue weighted by atomic mass is 10.1. The highest BCUT2D eigenvalue weighted by Gasteiger charge is 2.47. The molecule has 11 heteroatoms. The number of methoxy groups -OCH3 is 2. The molecule has 0 radical (unpaired) electrons. The normalized spacial score (nSPS) is 19.9. The zero-order chi connectivity index (χ0) is 25.1. The number of benzene rings is 2. The van der Waals surface area contributed by atoms with E-state index in [9.17, 15) is 14.4 Å². The molecule has 4 amide bonds. The second kappa shape index (κ2) is 10.5. The lowest BCUT2D eigenvalue weighted by Gasteiger charge is -2.47. The van der Waals surface area contributed by atoms with Crippen LogP contribution in [0.5, 0.6) is 11.5 Å². The molecule has 0 spiro atoms. The van der Waals surface area contributed by atoms with Gasteiger partial charge in [0, 0.05) is 24.2 Å². The number of anilines is 1. The second-order valence-corrected chi connectivity index (χ2v) is 8.77. The third kappa shape index (κ3) is 5.19. The summed E-state index contributed by atoms with van der Waals surface area (Å²) in [5.74, 6) is 0.254. The van der Waals surface area contributed by atoms with Gasteiger partial charge < -0.3 is 20.1 Å². The van der Waals surface area contributed by atoms with Gasteiger partial charge in [-0.15, -0.1) is 0 Å². The minimum absolute atomic E-state index is 0.0576. The van der Waals surface area contributed by atoms with Crippen LogP contribution in [-0.2, 0) is 16.1 Å². The summed E-state index contributed by atoms with van der Waals surface area (Å²) in [6.45, 7) is 2.73. The van der Waals surface area contributed by atoms with E-state index in [4.69, 9.17) is 21.1 Å². The van der Waals surface area contributed by atoms with Crippen LogP contribution in [0.3, 0.4) is 0 Å². The number of rotatable bonds is 7. The molecule has 3 N–H and O–H groups in total. The zero-order valence-corrected chi connectivity index (χ0v) is 20.5. The number of hydrogen-bond acceptors (Lipinski definition) is 7. The molecular formula is C24H28ClN5O5. The van der Waals surface area contributed by atoms with Gasteiger partial charge in [0.15, 0.2) is 0 Å². The Kier molecular flexibility index (Phi) is 7.44. The smallest absolute Gasteiger partial charge is 0.328 e. The molecule has 186 valence electrons. The maximum atomic E-state index is 13.5. The molecule has 4 rings (SSSR count). The average Bonchev–Trinajstić information content (AvgIpc) is 2.86. The molecule has 2 atom stereocenters. The van der Waals surface area contributed by atoms with E-state index in [2.05, 4.69) is 16.0 Å². The molecule has 2 heterocycles. The molecule has 0 aromatic heterocycles. The number of piperazine rings is 1. The predicted molar refractivity (Wildman–Crippen MR) is 131 cm³/mol. The van der Waals surface area contributed by atoms with E-state index < -0.39 is 24.1 Å². The average molecular weight is 502 g/mol. The van der Waals surface area contributed by atoms with E-state index in [-0.39, 0.29) is 19.0 Å². The van der Waals surface area contributed by atoms with Gasteiger partial charge in [-0.25, -0.2) is 4.79 Å². The Balaban J connectivity index is 1.56. The van der Waals surface area contributed by atoms with Crippen LogP contribution in [0, 0.1) is 6.92 Å². The van der Waals surface area contributed by atoms with Crippen molar-refractivity contribution in [3.63, 3.8) is 0 Å². The van der Waals surface area contributed by atoms with E-state index in [0.717, 1.165) is 16.0 Å². The summed E-state index contributed by atoms with van der Waals surface area (Å²) in [7, 11) is 3.03. The number of halogens is 1. The summed E-state index contributed by atoms with van der Waals surface area (Å²) in [5, 5.41) is 9.68. The molecule has 2 unspecified atom stereocenters. The van der Waals surface area contributed by atoms with Crippen molar-refractivity contribution in [1.82, 2.24) is 20.4 Å². The molecule has 2 aliphatic heterocycles. The summed E-state index contributed by atoms with van der Waals surface area (Å²) in [6.07, 6.45) is -0.648. The first kappa shape index (κ1) is 24.8. The van der Waals surface area contributed by atoms with E-state index in [1.165, 1.54) is 12.0 Å². The van der Waals surface area contributed by atoms with Crippen molar-refractivity contribution in [2.75, 3.05) is 39.2 Å². The summed E-state index contributed by atoms with van der Waals surface area (Å²) in [6, 6.07) is 9.27. The van der Waals surface area contributed by atoms with Crippen LogP contribution in [0.25, 0.3) is 0 Å². The van der Waals surface area contributed by atoms with E-state index in [1.54, 1.807) is 37.4 Å². The number of fused-ring (bicyclic) bond motifs is 1. The molecule has 0 aliphatic carbocycles. The minimum Gasteiger partial charge on any atom is -0.497 e. The largest absolute Gasteiger partial charge is 0.497 e. The van der Waals surface area contributed by atoms with Crippen LogP contribution in [0.1, 0.15) is 11.1 Å². The van der Waals surface area contributed by atoms with Crippen LogP contribution in [0.15, 0.2) is 36.4 Å². The summed E-state index contributed by atoms with van der Waals surface area (Å²) in [5.41, 5.74) is 1.95. The van der Waals surface area contributed by atoms with Gasteiger partial charge in [0.2, 0.25) is 5.91 Å². The minimum atomic E-state index is -0.674. The van der Waals surface area contributed by atoms with Crippen molar-refractivity contribution in [2.45, 2.75) is 25.7 Å². The van der Waals surface area contributed by atoms with Crippen LogP contribution < -0.4 is 25.4 Å². The van der Waals surface area contributed by atoms with Crippen LogP contribution in [0.2, 0.25) is 5.02 Å². The number of carbonyl (C=O) groups excluding carboxylic acids is 3. The number of carbonyl (C=O) groups is 3. The topological polar surface area (TPSA) is 112 Å². The number of hydrogen-bond donors (Lipinski definition) is 3. The fraction of sp³-hybridized carbons (Fsp3) is 0.375. The second-order valence-electron chi connectivity index (χ2n) is 8.37. The van der Waals surface area contributed by atoms with Crippen molar-refractivity contribution in [2.24, 2.45) is 0 Å². The molecular weight excluding hydrogens is 474 g/mol. The summed E-state index contributed by atoms with van der Waals surface area (Å²) < 4.78 is 10.6. The summed E-state index contributed by atoms with van der Waals surface area (Å²) in [4.78, 5) is 42.3. The Hall–Kier alpha value is -3.34. The molecule has 2 saturated heterocycles. The Morgan fingerprint density at radius 2 is 1.91 bits per heavy atom. The van der Waals surface area contributed by atoms with Gasteiger partial charge in [0.1, 0.15) is 30.3 Å². The van der Waals surface area contributed by atoms with Gasteiger partial charge in [0.25, 0.3) is 5.91 Å². The Bertz CT molecular complexity index is 1140. The molecule has 10 nitrogen and oxygen atoms in total. The van der Waals surface area contributed by atoms with Gasteiger partial charge in [-0.05, 0) is 36.2 Å². The number of ether oxygens (including phenoxy) is 2. The van der Waals surface area contributed by atoms with Gasteiger partial charge in [0.05, 0.1) is 26.5 Å². The highest BCUT2D eigenvalue weighted by Crippen LogP contribution is 2.31. The first-order valence-electron chi connectivity index (χ1n) is 11.2. The monoisotopic (exact) mass is 501 g/mol. The van der Waals surface area contributed by atoms with Crippen LogP contribution >= 0.6 is 11.6 Å². The number of urea groups is 1. The third-order valence-electron chi connectivity index (χ3n) is 6.05. The van der Waals surface area contributed by atoms with Crippen LogP contribution in [0.4, 0.5) is 10.5 Å². The molecule has 2 aromatic carbocycles. The maximum absolute atomic E-state index is 13.5. The lowest BCUT2D eigenvalue weighted by molar-refractivity contribution is -0.139. The number of nitrogens with one attached hydrogen (secondary N) is 3. The third-order valence-corrected chi connectivity index (χ3v) is 6.45. The Morgan fingerprint density at radius 3 is 2.66 bits per heavy atom. The fourth-order valence-electron chi connectivity index (χ4n) is 4.27. The van der Waals surface area contributed by atoms with Crippen molar-refractivity contribution < 1.29 is 23.9 Å². The molecule has 0 saturated carbocycles. The number of imide groups is 1. The first-order chi connectivity index (χ1) is 16.8. The van der Waals surface area contributed by atoms with Crippen LogP contribution in [-0.4, -0.2) is 73.7 Å². The molecule has 0 bridgehead atoms. The lowest BCUT2D eigenvalue weighted by Crippen LogP contribution is -2.75. The number of amides is 4. The standard InChI is InChI=1S/C24H28ClN5O5/c1-14-9-18(19(35-3)11-17(14)25)28-20(31)13-29-22-21(26-7-8-27-22)23(32)30(24(29)33)12-15-5-4-6-16(10-15)34-2/h4-6,9-11,21-22,26-27H,7-8,12-13H2,1-3H3,(H,28,31). The fourth-order valence-corrected chi connectivity index (χ4v) is 4.42. The van der Waals surface area contributed by atoms with Crippen molar-refractivity contribution in [3.05, 3.63) is 52.5 Å². The Morgan fingerprint density at radius 1 is 1.14 bits per heavy atom. The number of nitrogens with zero attached hydrogens (tertiary/aromatic N) is 2.